The Kier molecular flexibility index (Phi) is 5.88. The van der Waals surface area contributed by atoms with Crippen molar-refractivity contribution in [2.75, 3.05) is 5.32 Å². The van der Waals surface area contributed by atoms with Crippen LogP contribution < -0.4 is 10.6 Å². The van der Waals surface area contributed by atoms with E-state index in [0.29, 0.717) is 17.7 Å². The zero-order valence-corrected chi connectivity index (χ0v) is 13.9. The minimum absolute atomic E-state index is 0.0520. The molecule has 0 fully saturated rings. The summed E-state index contributed by atoms with van der Waals surface area (Å²) in [5, 5.41) is 3.92. The van der Waals surface area contributed by atoms with Crippen LogP contribution in [0.25, 0.3) is 0 Å². The smallest absolute Gasteiger partial charge is 0.334 e. The van der Waals surface area contributed by atoms with Gasteiger partial charge in [0.2, 0.25) is 0 Å². The van der Waals surface area contributed by atoms with Crippen molar-refractivity contribution in [3.05, 3.63) is 63.9 Å². The van der Waals surface area contributed by atoms with Gasteiger partial charge in [0, 0.05) is 12.2 Å². The Bertz CT molecular complexity index is 817. The third-order valence-corrected chi connectivity index (χ3v) is 3.57. The molecule has 0 spiro atoms. The summed E-state index contributed by atoms with van der Waals surface area (Å²) in [6.45, 7) is -0.184. The van der Waals surface area contributed by atoms with Crippen LogP contribution in [0.2, 0.25) is 5.02 Å². The fourth-order valence-electron chi connectivity index (χ4n) is 2.03. The fourth-order valence-corrected chi connectivity index (χ4v) is 2.24. The number of hydrogen-bond donors (Lipinski definition) is 2. The number of amides is 2. The summed E-state index contributed by atoms with van der Waals surface area (Å²) in [6.07, 6.45) is -10.1. The molecule has 3 nitrogen and oxygen atoms in total. The Morgan fingerprint density at radius 2 is 1.48 bits per heavy atom. The van der Waals surface area contributed by atoms with E-state index in [1.807, 2.05) is 5.32 Å². The fraction of sp³-hybridized carbons (Fsp3) is 0.188. The lowest BCUT2D eigenvalue weighted by Crippen LogP contribution is -2.28. The van der Waals surface area contributed by atoms with Gasteiger partial charge in [-0.15, -0.1) is 0 Å². The van der Waals surface area contributed by atoms with Gasteiger partial charge in [0.15, 0.2) is 0 Å². The molecule has 0 aliphatic carbocycles. The Morgan fingerprint density at radius 1 is 0.926 bits per heavy atom. The summed E-state index contributed by atoms with van der Waals surface area (Å²) in [5.41, 5.74) is -3.43. The van der Waals surface area contributed by atoms with E-state index in [4.69, 9.17) is 11.6 Å². The minimum atomic E-state index is -5.03. The molecule has 11 heteroatoms. The summed E-state index contributed by atoms with van der Waals surface area (Å²) in [7, 11) is 0. The van der Waals surface area contributed by atoms with E-state index in [1.165, 1.54) is 12.1 Å². The Morgan fingerprint density at radius 3 is 1.96 bits per heavy atom. The molecule has 27 heavy (non-hydrogen) atoms. The van der Waals surface area contributed by atoms with Gasteiger partial charge < -0.3 is 10.6 Å². The molecule has 2 rings (SSSR count). The summed E-state index contributed by atoms with van der Waals surface area (Å²) in [6, 6.07) is 3.20. The van der Waals surface area contributed by atoms with Crippen molar-refractivity contribution in [2.45, 2.75) is 18.9 Å². The van der Waals surface area contributed by atoms with Crippen molar-refractivity contribution in [3.63, 3.8) is 0 Å². The molecule has 0 unspecified atom stereocenters. The molecule has 2 aromatic carbocycles. The third-order valence-electron chi connectivity index (χ3n) is 3.28. The monoisotopic (exact) mass is 414 g/mol. The van der Waals surface area contributed by atoms with Crippen molar-refractivity contribution < 1.29 is 35.5 Å². The van der Waals surface area contributed by atoms with Crippen LogP contribution in [-0.2, 0) is 18.9 Å². The van der Waals surface area contributed by atoms with Crippen LogP contribution in [0.5, 0.6) is 0 Å². The number of hydrogen-bond acceptors (Lipinski definition) is 1. The highest BCUT2D eigenvalue weighted by Crippen LogP contribution is 2.37. The highest BCUT2D eigenvalue weighted by atomic mass is 35.5. The standard InChI is InChI=1S/C16H10ClF7N2O/c17-12-3-8(1-2-13(12)18)7-25-14(27)26-11-5-9(15(19,20)21)4-10(6-11)16(22,23)24/h1-6H,7H2,(H2,25,26,27). The molecule has 0 bridgehead atoms. The van der Waals surface area contributed by atoms with Crippen molar-refractivity contribution in [1.82, 2.24) is 5.32 Å². The number of rotatable bonds is 3. The van der Waals surface area contributed by atoms with Crippen LogP contribution in [0.1, 0.15) is 16.7 Å². The van der Waals surface area contributed by atoms with Gasteiger partial charge in [0.25, 0.3) is 0 Å². The summed E-state index contributed by atoms with van der Waals surface area (Å²) in [4.78, 5) is 11.8. The lowest BCUT2D eigenvalue weighted by molar-refractivity contribution is -0.143. The first-order valence-electron chi connectivity index (χ1n) is 7.14. The first-order chi connectivity index (χ1) is 12.4. The molecule has 0 aromatic heterocycles. The summed E-state index contributed by atoms with van der Waals surface area (Å²) < 4.78 is 89.7. The lowest BCUT2D eigenvalue weighted by Gasteiger charge is -2.15. The van der Waals surface area contributed by atoms with Crippen LogP contribution in [0.15, 0.2) is 36.4 Å². The number of alkyl halides is 6. The van der Waals surface area contributed by atoms with Crippen LogP contribution >= 0.6 is 11.6 Å². The predicted molar refractivity (Wildman–Crippen MR) is 83.7 cm³/mol. The van der Waals surface area contributed by atoms with Gasteiger partial charge in [0.05, 0.1) is 16.1 Å². The van der Waals surface area contributed by atoms with Gasteiger partial charge >= 0.3 is 18.4 Å². The predicted octanol–water partition coefficient (Wildman–Crippen LogP) is 5.84. The van der Waals surface area contributed by atoms with Crippen LogP contribution in [0, 0.1) is 5.82 Å². The maximum atomic E-state index is 13.0. The summed E-state index contributed by atoms with van der Waals surface area (Å²) in [5.74, 6) is -0.687. The zero-order valence-electron chi connectivity index (χ0n) is 13.1. The largest absolute Gasteiger partial charge is 0.416 e. The third kappa shape index (κ3) is 5.75. The van der Waals surface area contributed by atoms with Crippen LogP contribution in [0.3, 0.4) is 0 Å². The van der Waals surface area contributed by atoms with Crippen molar-refractivity contribution in [2.24, 2.45) is 0 Å². The van der Waals surface area contributed by atoms with E-state index < -0.39 is 41.0 Å². The molecule has 0 atom stereocenters. The molecule has 0 aliphatic heterocycles. The van der Waals surface area contributed by atoms with E-state index >= 15 is 0 Å². The lowest BCUT2D eigenvalue weighted by atomic mass is 10.1. The first kappa shape index (κ1) is 20.8. The highest BCUT2D eigenvalue weighted by molar-refractivity contribution is 6.30. The molecule has 2 aromatic rings. The van der Waals surface area contributed by atoms with E-state index in [9.17, 15) is 35.5 Å². The van der Waals surface area contributed by atoms with Gasteiger partial charge in [-0.05, 0) is 35.9 Å². The number of halogens is 8. The SMILES string of the molecule is O=C(NCc1ccc(F)c(Cl)c1)Nc1cc(C(F)(F)F)cc(C(F)(F)F)c1. The average molecular weight is 415 g/mol. The van der Waals surface area contributed by atoms with Gasteiger partial charge in [-0.1, -0.05) is 17.7 Å². The molecule has 0 saturated carbocycles. The van der Waals surface area contributed by atoms with E-state index in [1.54, 1.807) is 0 Å². The number of nitrogens with one attached hydrogen (secondary N) is 2. The van der Waals surface area contributed by atoms with Crippen molar-refractivity contribution in [3.8, 4) is 0 Å². The Labute approximate surface area is 153 Å². The zero-order chi connectivity index (χ0) is 20.4. The molecule has 2 amide bonds. The molecule has 2 N–H and O–H groups in total. The molecule has 0 aliphatic rings. The second-order valence-electron chi connectivity index (χ2n) is 5.35. The van der Waals surface area contributed by atoms with Crippen molar-refractivity contribution >= 4 is 23.3 Å². The Hall–Kier alpha value is -2.49. The van der Waals surface area contributed by atoms with Gasteiger partial charge in [-0.2, -0.15) is 26.3 Å². The molecule has 0 radical (unpaired) electrons. The van der Waals surface area contributed by atoms with E-state index in [-0.39, 0.29) is 17.6 Å². The van der Waals surface area contributed by atoms with Crippen LogP contribution in [0.4, 0.5) is 41.2 Å². The van der Waals surface area contributed by atoms with Crippen molar-refractivity contribution in [1.29, 1.82) is 0 Å². The molecule has 0 saturated heterocycles. The normalized spacial score (nSPS) is 12.0. The number of anilines is 1. The van der Waals surface area contributed by atoms with E-state index in [2.05, 4.69) is 5.32 Å². The number of carbonyl (C=O) groups is 1. The quantitative estimate of drug-likeness (QED) is 0.609. The minimum Gasteiger partial charge on any atom is -0.334 e. The van der Waals surface area contributed by atoms with Crippen LogP contribution in [-0.4, -0.2) is 6.03 Å². The van der Waals surface area contributed by atoms with E-state index in [0.717, 1.165) is 6.07 Å². The number of benzene rings is 2. The maximum Gasteiger partial charge on any atom is 0.416 e. The van der Waals surface area contributed by atoms with Gasteiger partial charge in [0.1, 0.15) is 5.82 Å². The summed E-state index contributed by atoms with van der Waals surface area (Å²) >= 11 is 5.56. The number of carbonyl (C=O) groups excluding carboxylic acids is 1. The van der Waals surface area contributed by atoms with Gasteiger partial charge in [-0.25, -0.2) is 9.18 Å². The average Bonchev–Trinajstić information content (AvgIpc) is 2.54. The molecule has 146 valence electrons. The molecule has 0 heterocycles. The highest BCUT2D eigenvalue weighted by Gasteiger charge is 2.37. The number of urea groups is 1. The second kappa shape index (κ2) is 7.63. The topological polar surface area (TPSA) is 41.1 Å². The van der Waals surface area contributed by atoms with Gasteiger partial charge in [-0.3, -0.25) is 0 Å². The molecular formula is C16H10ClF7N2O. The Balaban J connectivity index is 2.15. The molecular weight excluding hydrogens is 405 g/mol. The first-order valence-corrected chi connectivity index (χ1v) is 7.52. The maximum absolute atomic E-state index is 13.0. The second-order valence-corrected chi connectivity index (χ2v) is 5.76.